The second kappa shape index (κ2) is 8.53. The van der Waals surface area contributed by atoms with Crippen molar-refractivity contribution in [2.24, 2.45) is 0 Å². The topological polar surface area (TPSA) is 46.5 Å². The average Bonchev–Trinajstić information content (AvgIpc) is 2.16. The summed E-state index contributed by atoms with van der Waals surface area (Å²) in [4.78, 5) is 10.5. The van der Waals surface area contributed by atoms with Crippen molar-refractivity contribution in [1.82, 2.24) is 0 Å². The van der Waals surface area contributed by atoms with Crippen molar-refractivity contribution in [2.45, 2.75) is 33.3 Å². The number of allylic oxidation sites excluding steroid dienone is 1. The van der Waals surface area contributed by atoms with Gasteiger partial charge in [0.1, 0.15) is 6.61 Å². The lowest BCUT2D eigenvalue weighted by Gasteiger charge is -2.07. The maximum absolute atomic E-state index is 10.5. The summed E-state index contributed by atoms with van der Waals surface area (Å²) in [5.41, 5.74) is 2.10. The summed E-state index contributed by atoms with van der Waals surface area (Å²) in [6.07, 6.45) is 3.71. The van der Waals surface area contributed by atoms with Crippen LogP contribution >= 0.6 is 15.9 Å². The molecule has 3 nitrogen and oxygen atoms in total. The summed E-state index contributed by atoms with van der Waals surface area (Å²) in [6.45, 7) is 5.51. The van der Waals surface area contributed by atoms with Gasteiger partial charge in [0, 0.05) is 12.3 Å². The van der Waals surface area contributed by atoms with Gasteiger partial charge in [-0.15, -0.1) is 0 Å². The number of aliphatic hydroxyl groups is 1. The molecular formula is C12H19BrO3. The Balaban J connectivity index is 4.03. The molecule has 0 saturated heterocycles. The molecule has 1 unspecified atom stereocenters. The molecule has 4 heteroatoms. The number of alkyl halides is 1. The molecule has 1 atom stereocenters. The molecule has 0 fully saturated rings. The Bertz CT molecular complexity index is 282. The van der Waals surface area contributed by atoms with Gasteiger partial charge in [-0.3, -0.25) is 4.79 Å². The van der Waals surface area contributed by atoms with Gasteiger partial charge in [0.05, 0.1) is 6.10 Å². The van der Waals surface area contributed by atoms with Gasteiger partial charge in [0.15, 0.2) is 0 Å². The van der Waals surface area contributed by atoms with E-state index in [1.54, 1.807) is 0 Å². The number of ether oxygens (including phenoxy) is 1. The van der Waals surface area contributed by atoms with Gasteiger partial charge < -0.3 is 9.84 Å². The fraction of sp³-hybridized carbons (Fsp3) is 0.583. The van der Waals surface area contributed by atoms with E-state index >= 15 is 0 Å². The zero-order valence-corrected chi connectivity index (χ0v) is 11.6. The van der Waals surface area contributed by atoms with E-state index < -0.39 is 6.10 Å². The molecule has 0 aromatic heterocycles. The Morgan fingerprint density at radius 2 is 2.00 bits per heavy atom. The molecule has 0 aromatic carbocycles. The molecule has 1 N–H and O–H groups in total. The van der Waals surface area contributed by atoms with E-state index in [-0.39, 0.29) is 12.6 Å². The summed E-state index contributed by atoms with van der Waals surface area (Å²) in [5.74, 6) is -0.292. The van der Waals surface area contributed by atoms with E-state index in [1.165, 1.54) is 6.92 Å². The van der Waals surface area contributed by atoms with Crippen LogP contribution in [0, 0.1) is 0 Å². The first kappa shape index (κ1) is 15.4. The molecule has 0 spiro atoms. The summed E-state index contributed by atoms with van der Waals surface area (Å²) < 4.78 is 4.78. The summed E-state index contributed by atoms with van der Waals surface area (Å²) >= 11 is 3.32. The fourth-order valence-electron chi connectivity index (χ4n) is 1.15. The summed E-state index contributed by atoms with van der Waals surface area (Å²) in [5, 5.41) is 10.4. The van der Waals surface area contributed by atoms with E-state index in [4.69, 9.17) is 4.74 Å². The highest BCUT2D eigenvalue weighted by atomic mass is 79.9. The molecule has 92 valence electrons. The highest BCUT2D eigenvalue weighted by molar-refractivity contribution is 9.09. The van der Waals surface area contributed by atoms with Crippen LogP contribution in [0.4, 0.5) is 0 Å². The highest BCUT2D eigenvalue weighted by Gasteiger charge is 2.02. The molecule has 0 aliphatic heterocycles. The minimum absolute atomic E-state index is 0.273. The zero-order valence-electron chi connectivity index (χ0n) is 10.00. The van der Waals surface area contributed by atoms with Gasteiger partial charge in [-0.2, -0.15) is 0 Å². The van der Waals surface area contributed by atoms with Crippen LogP contribution < -0.4 is 0 Å². The van der Waals surface area contributed by atoms with Crippen LogP contribution in [0.2, 0.25) is 0 Å². The van der Waals surface area contributed by atoms with Gasteiger partial charge in [0.25, 0.3) is 0 Å². The molecule has 0 radical (unpaired) electrons. The number of esters is 1. The van der Waals surface area contributed by atoms with Gasteiger partial charge in [-0.05, 0) is 26.3 Å². The number of carbonyl (C=O) groups excluding carboxylic acids is 1. The van der Waals surface area contributed by atoms with Crippen molar-refractivity contribution in [2.75, 3.05) is 11.9 Å². The lowest BCUT2D eigenvalue weighted by molar-refractivity contribution is -0.139. The third kappa shape index (κ3) is 8.68. The Labute approximate surface area is 105 Å². The average molecular weight is 291 g/mol. The van der Waals surface area contributed by atoms with Crippen molar-refractivity contribution in [3.8, 4) is 0 Å². The molecule has 0 rings (SSSR count). The van der Waals surface area contributed by atoms with E-state index in [0.717, 1.165) is 16.5 Å². The number of hydrogen-bond acceptors (Lipinski definition) is 3. The first-order valence-corrected chi connectivity index (χ1v) is 6.28. The third-order valence-corrected chi connectivity index (χ3v) is 2.82. The maximum atomic E-state index is 10.5. The predicted octanol–water partition coefficient (Wildman–Crippen LogP) is 2.59. The summed E-state index contributed by atoms with van der Waals surface area (Å²) in [7, 11) is 0. The first-order chi connectivity index (χ1) is 7.45. The second-order valence-corrected chi connectivity index (χ2v) is 4.33. The van der Waals surface area contributed by atoms with Crippen molar-refractivity contribution in [1.29, 1.82) is 0 Å². The van der Waals surface area contributed by atoms with Crippen LogP contribution in [0.25, 0.3) is 0 Å². The quantitative estimate of drug-likeness (QED) is 0.465. The van der Waals surface area contributed by atoms with Crippen molar-refractivity contribution >= 4 is 21.9 Å². The Morgan fingerprint density at radius 3 is 2.50 bits per heavy atom. The standard InChI is InChI=1S/C12H19BrO3/c1-9(4-5-16-11(3)14)6-12(15)7-10(2)8-13/h4,7,12,15H,5-6,8H2,1-3H3. The molecular weight excluding hydrogens is 272 g/mol. The number of hydrogen-bond donors (Lipinski definition) is 1. The number of carbonyl (C=O) groups is 1. The number of aliphatic hydroxyl groups excluding tert-OH is 1. The third-order valence-electron chi connectivity index (χ3n) is 1.94. The van der Waals surface area contributed by atoms with Crippen LogP contribution in [-0.2, 0) is 9.53 Å². The zero-order chi connectivity index (χ0) is 12.6. The molecule has 0 aliphatic rings. The van der Waals surface area contributed by atoms with E-state index in [0.29, 0.717) is 6.42 Å². The molecule has 0 aromatic rings. The molecule has 0 saturated carbocycles. The molecule has 0 aliphatic carbocycles. The molecule has 16 heavy (non-hydrogen) atoms. The van der Waals surface area contributed by atoms with Crippen LogP contribution in [0.5, 0.6) is 0 Å². The van der Waals surface area contributed by atoms with Crippen LogP contribution in [-0.4, -0.2) is 29.1 Å². The van der Waals surface area contributed by atoms with Gasteiger partial charge >= 0.3 is 5.97 Å². The van der Waals surface area contributed by atoms with Crippen LogP contribution in [0.1, 0.15) is 27.2 Å². The Hall–Kier alpha value is -0.610. The summed E-state index contributed by atoms with van der Waals surface area (Å²) in [6, 6.07) is 0. The monoisotopic (exact) mass is 290 g/mol. The smallest absolute Gasteiger partial charge is 0.302 e. The van der Waals surface area contributed by atoms with Crippen molar-refractivity contribution in [3.63, 3.8) is 0 Å². The lowest BCUT2D eigenvalue weighted by Crippen LogP contribution is -2.05. The molecule has 0 bridgehead atoms. The maximum Gasteiger partial charge on any atom is 0.302 e. The second-order valence-electron chi connectivity index (χ2n) is 3.77. The van der Waals surface area contributed by atoms with Gasteiger partial charge in [-0.1, -0.05) is 33.2 Å². The van der Waals surface area contributed by atoms with Crippen molar-refractivity contribution in [3.05, 3.63) is 23.3 Å². The molecule has 0 amide bonds. The van der Waals surface area contributed by atoms with E-state index in [9.17, 15) is 9.90 Å². The van der Waals surface area contributed by atoms with E-state index in [2.05, 4.69) is 15.9 Å². The van der Waals surface area contributed by atoms with Crippen LogP contribution in [0.3, 0.4) is 0 Å². The van der Waals surface area contributed by atoms with Crippen molar-refractivity contribution < 1.29 is 14.6 Å². The highest BCUT2D eigenvalue weighted by Crippen LogP contribution is 2.09. The minimum atomic E-state index is -0.480. The van der Waals surface area contributed by atoms with Crippen LogP contribution in [0.15, 0.2) is 23.3 Å². The normalized spacial score (nSPS) is 14.8. The number of rotatable bonds is 6. The Morgan fingerprint density at radius 1 is 1.38 bits per heavy atom. The van der Waals surface area contributed by atoms with Gasteiger partial charge in [-0.25, -0.2) is 0 Å². The predicted molar refractivity (Wildman–Crippen MR) is 68.6 cm³/mol. The largest absolute Gasteiger partial charge is 0.462 e. The Kier molecular flexibility index (Phi) is 8.21. The first-order valence-electron chi connectivity index (χ1n) is 5.16. The lowest BCUT2D eigenvalue weighted by atomic mass is 10.1. The van der Waals surface area contributed by atoms with E-state index in [1.807, 2.05) is 26.0 Å². The SMILES string of the molecule is CC(=O)OCC=C(C)CC(O)C=C(C)CBr. The fourth-order valence-corrected chi connectivity index (χ4v) is 1.33. The van der Waals surface area contributed by atoms with Gasteiger partial charge in [0.2, 0.25) is 0 Å². The molecule has 0 heterocycles. The minimum Gasteiger partial charge on any atom is -0.462 e. The number of halogens is 1.